The predicted octanol–water partition coefficient (Wildman–Crippen LogP) is 1.70. The van der Waals surface area contributed by atoms with Crippen LogP contribution in [0.1, 0.15) is 25.3 Å². The monoisotopic (exact) mass is 423 g/mol. The number of hydrogen-bond donors (Lipinski definition) is 2. The zero-order chi connectivity index (χ0) is 21.9. The van der Waals surface area contributed by atoms with Crippen LogP contribution in [0.15, 0.2) is 53.8 Å². The number of nitrogens with one attached hydrogen (secondary N) is 2. The van der Waals surface area contributed by atoms with Gasteiger partial charge in [-0.15, -0.1) is 0 Å². The zero-order valence-electron chi connectivity index (χ0n) is 18.5. The van der Waals surface area contributed by atoms with E-state index in [2.05, 4.69) is 61.7 Å². The molecule has 0 bridgehead atoms. The van der Waals surface area contributed by atoms with E-state index in [4.69, 9.17) is 0 Å². The van der Waals surface area contributed by atoms with E-state index in [1.807, 2.05) is 17.0 Å². The second-order valence-electron chi connectivity index (χ2n) is 7.74. The molecule has 2 heterocycles. The van der Waals surface area contributed by atoms with Gasteiger partial charge in [-0.25, -0.2) is 9.97 Å². The van der Waals surface area contributed by atoms with Crippen molar-refractivity contribution in [2.75, 3.05) is 44.7 Å². The van der Waals surface area contributed by atoms with Crippen LogP contribution in [-0.2, 0) is 11.2 Å². The molecule has 1 atom stereocenters. The summed E-state index contributed by atoms with van der Waals surface area (Å²) in [6.07, 6.45) is 5.97. The summed E-state index contributed by atoms with van der Waals surface area (Å²) in [5, 5.41) is 6.67. The summed E-state index contributed by atoms with van der Waals surface area (Å²) in [5.74, 6) is 1.63. The number of aryl methyl sites for hydroxylation is 1. The number of carbonyl (C=O) groups excluding carboxylic acids is 1. The minimum atomic E-state index is 0.161. The van der Waals surface area contributed by atoms with Crippen LogP contribution in [0, 0.1) is 0 Å². The van der Waals surface area contributed by atoms with Crippen LogP contribution in [-0.4, -0.2) is 72.5 Å². The fourth-order valence-corrected chi connectivity index (χ4v) is 3.58. The number of aliphatic imine (C=N–C) groups is 1. The van der Waals surface area contributed by atoms with Gasteiger partial charge < -0.3 is 20.4 Å². The first-order valence-corrected chi connectivity index (χ1v) is 11.0. The Morgan fingerprint density at radius 1 is 1.10 bits per heavy atom. The Morgan fingerprint density at radius 2 is 1.81 bits per heavy atom. The molecular weight excluding hydrogens is 390 g/mol. The van der Waals surface area contributed by atoms with E-state index >= 15 is 0 Å². The van der Waals surface area contributed by atoms with Crippen molar-refractivity contribution >= 4 is 17.8 Å². The van der Waals surface area contributed by atoms with E-state index in [0.29, 0.717) is 26.1 Å². The lowest BCUT2D eigenvalue weighted by atomic mass is 10.1. The van der Waals surface area contributed by atoms with Gasteiger partial charge in [-0.3, -0.25) is 9.79 Å². The number of guanidine groups is 1. The third kappa shape index (κ3) is 7.24. The van der Waals surface area contributed by atoms with Crippen LogP contribution in [0.4, 0.5) is 5.95 Å². The minimum absolute atomic E-state index is 0.161. The lowest BCUT2D eigenvalue weighted by molar-refractivity contribution is -0.131. The van der Waals surface area contributed by atoms with E-state index in [9.17, 15) is 4.79 Å². The first kappa shape index (κ1) is 22.5. The highest BCUT2D eigenvalue weighted by Crippen LogP contribution is 2.10. The van der Waals surface area contributed by atoms with Crippen LogP contribution in [0.3, 0.4) is 0 Å². The van der Waals surface area contributed by atoms with Crippen molar-refractivity contribution in [2.24, 2.45) is 4.99 Å². The molecule has 3 rings (SSSR count). The second kappa shape index (κ2) is 11.9. The normalized spacial score (nSPS) is 15.5. The van der Waals surface area contributed by atoms with Gasteiger partial charge in [0.25, 0.3) is 0 Å². The molecule has 2 aromatic rings. The van der Waals surface area contributed by atoms with Crippen LogP contribution < -0.4 is 15.5 Å². The summed E-state index contributed by atoms with van der Waals surface area (Å²) in [6.45, 7) is 5.61. The molecule has 1 aliphatic heterocycles. The SMILES string of the molecule is CN=C(NCCC(=O)N1CCN(c2ncccn2)CC1)NC(C)CCc1ccccc1. The quantitative estimate of drug-likeness (QED) is 0.497. The fraction of sp³-hybridized carbons (Fsp3) is 0.478. The summed E-state index contributed by atoms with van der Waals surface area (Å²) in [4.78, 5) is 29.5. The van der Waals surface area contributed by atoms with Gasteiger partial charge in [0.15, 0.2) is 5.96 Å². The lowest BCUT2D eigenvalue weighted by Crippen LogP contribution is -2.50. The van der Waals surface area contributed by atoms with Crippen LogP contribution in [0.2, 0.25) is 0 Å². The van der Waals surface area contributed by atoms with E-state index < -0.39 is 0 Å². The third-order valence-electron chi connectivity index (χ3n) is 5.41. The fourth-order valence-electron chi connectivity index (χ4n) is 3.58. The number of benzene rings is 1. The van der Waals surface area contributed by atoms with Gasteiger partial charge in [0.05, 0.1) is 0 Å². The predicted molar refractivity (Wildman–Crippen MR) is 124 cm³/mol. The number of anilines is 1. The molecule has 166 valence electrons. The van der Waals surface area contributed by atoms with Crippen molar-refractivity contribution in [1.29, 1.82) is 0 Å². The Morgan fingerprint density at radius 3 is 2.48 bits per heavy atom. The van der Waals surface area contributed by atoms with Gasteiger partial charge in [-0.05, 0) is 31.4 Å². The first-order valence-electron chi connectivity index (χ1n) is 11.0. The molecular formula is C23H33N7O. The van der Waals surface area contributed by atoms with Crippen molar-refractivity contribution in [3.63, 3.8) is 0 Å². The minimum Gasteiger partial charge on any atom is -0.356 e. The Bertz CT molecular complexity index is 820. The van der Waals surface area contributed by atoms with Crippen LogP contribution in [0.25, 0.3) is 0 Å². The Hall–Kier alpha value is -3.16. The summed E-state index contributed by atoms with van der Waals surface area (Å²) in [7, 11) is 1.76. The Balaban J connectivity index is 1.33. The largest absolute Gasteiger partial charge is 0.356 e. The molecule has 1 saturated heterocycles. The zero-order valence-corrected chi connectivity index (χ0v) is 18.5. The van der Waals surface area contributed by atoms with Gasteiger partial charge >= 0.3 is 0 Å². The molecule has 1 aliphatic rings. The van der Waals surface area contributed by atoms with Crippen molar-refractivity contribution in [2.45, 2.75) is 32.2 Å². The number of hydrogen-bond acceptors (Lipinski definition) is 5. The molecule has 1 aromatic heterocycles. The van der Waals surface area contributed by atoms with E-state index in [1.54, 1.807) is 19.4 Å². The molecule has 0 aliphatic carbocycles. The first-order chi connectivity index (χ1) is 15.2. The molecule has 0 saturated carbocycles. The highest BCUT2D eigenvalue weighted by Gasteiger charge is 2.22. The second-order valence-corrected chi connectivity index (χ2v) is 7.74. The van der Waals surface area contributed by atoms with E-state index in [1.165, 1.54) is 5.56 Å². The molecule has 0 radical (unpaired) electrons. The van der Waals surface area contributed by atoms with Gasteiger partial charge in [-0.2, -0.15) is 0 Å². The molecule has 1 unspecified atom stereocenters. The number of rotatable bonds is 8. The van der Waals surface area contributed by atoms with Gasteiger partial charge in [0.2, 0.25) is 11.9 Å². The van der Waals surface area contributed by atoms with Gasteiger partial charge in [0, 0.05) is 64.6 Å². The van der Waals surface area contributed by atoms with E-state index in [0.717, 1.165) is 37.8 Å². The summed E-state index contributed by atoms with van der Waals surface area (Å²) < 4.78 is 0. The van der Waals surface area contributed by atoms with Crippen molar-refractivity contribution < 1.29 is 4.79 Å². The van der Waals surface area contributed by atoms with Crippen molar-refractivity contribution in [3.8, 4) is 0 Å². The topological polar surface area (TPSA) is 85.8 Å². The summed E-state index contributed by atoms with van der Waals surface area (Å²) in [6, 6.07) is 12.6. The summed E-state index contributed by atoms with van der Waals surface area (Å²) in [5.41, 5.74) is 1.34. The van der Waals surface area contributed by atoms with Crippen LogP contribution in [0.5, 0.6) is 0 Å². The maximum atomic E-state index is 12.6. The number of aromatic nitrogens is 2. The third-order valence-corrected chi connectivity index (χ3v) is 5.41. The molecule has 8 heteroatoms. The smallest absolute Gasteiger partial charge is 0.225 e. The number of amides is 1. The molecule has 31 heavy (non-hydrogen) atoms. The van der Waals surface area contributed by atoms with Crippen molar-refractivity contribution in [3.05, 3.63) is 54.4 Å². The number of piperazine rings is 1. The Kier molecular flexibility index (Phi) is 8.63. The molecule has 1 aromatic carbocycles. The lowest BCUT2D eigenvalue weighted by Gasteiger charge is -2.34. The van der Waals surface area contributed by atoms with Gasteiger partial charge in [0.1, 0.15) is 0 Å². The standard InChI is InChI=1S/C23H33N7O/c1-19(9-10-20-7-4-3-5-8-20)28-22(24-2)25-14-11-21(31)29-15-17-30(18-16-29)23-26-12-6-13-27-23/h3-8,12-13,19H,9-11,14-18H2,1-2H3,(H2,24,25,28). The average molecular weight is 424 g/mol. The number of carbonyl (C=O) groups is 1. The molecule has 0 spiro atoms. The number of nitrogens with zero attached hydrogens (tertiary/aromatic N) is 5. The molecule has 1 fully saturated rings. The maximum absolute atomic E-state index is 12.6. The highest BCUT2D eigenvalue weighted by atomic mass is 16.2. The van der Waals surface area contributed by atoms with E-state index in [-0.39, 0.29) is 11.9 Å². The Labute approximate surface area is 184 Å². The molecule has 8 nitrogen and oxygen atoms in total. The van der Waals surface area contributed by atoms with Crippen molar-refractivity contribution in [1.82, 2.24) is 25.5 Å². The molecule has 2 N–H and O–H groups in total. The van der Waals surface area contributed by atoms with Crippen LogP contribution >= 0.6 is 0 Å². The maximum Gasteiger partial charge on any atom is 0.225 e. The highest BCUT2D eigenvalue weighted by molar-refractivity contribution is 5.81. The average Bonchev–Trinajstić information content (AvgIpc) is 2.83. The molecule has 1 amide bonds. The van der Waals surface area contributed by atoms with Gasteiger partial charge in [-0.1, -0.05) is 30.3 Å². The summed E-state index contributed by atoms with van der Waals surface area (Å²) >= 11 is 0.